The van der Waals surface area contributed by atoms with Crippen molar-refractivity contribution in [3.63, 3.8) is 0 Å². The number of cyclic esters (lactones) is 1. The van der Waals surface area contributed by atoms with E-state index < -0.39 is 48.3 Å². The number of nitrogens with zero attached hydrogens (tertiary/aromatic N) is 1. The number of esters is 1. The van der Waals surface area contributed by atoms with Crippen molar-refractivity contribution in [1.29, 1.82) is 0 Å². The van der Waals surface area contributed by atoms with Gasteiger partial charge in [0.15, 0.2) is 0 Å². The zero-order valence-electron chi connectivity index (χ0n) is 25.5. The molecule has 0 saturated heterocycles. The first-order valence-corrected chi connectivity index (χ1v) is 16.5. The van der Waals surface area contributed by atoms with Gasteiger partial charge in [0.25, 0.3) is 0 Å². The summed E-state index contributed by atoms with van der Waals surface area (Å²) in [4.78, 5) is 65.4. The summed E-state index contributed by atoms with van der Waals surface area (Å²) >= 11 is 1.44. The molecule has 4 unspecified atom stereocenters. The molecule has 1 aromatic heterocycles. The Morgan fingerprint density at radius 3 is 2.51 bits per heavy atom. The minimum Gasteiger partial charge on any atom is -0.480 e. The number of nitrogens with one attached hydrogen (secondary N) is 2. The average Bonchev–Trinajstić information content (AvgIpc) is 3.64. The van der Waals surface area contributed by atoms with Crippen molar-refractivity contribution >= 4 is 41.5 Å². The van der Waals surface area contributed by atoms with Gasteiger partial charge in [0.2, 0.25) is 11.8 Å². The largest absolute Gasteiger partial charge is 0.480 e. The van der Waals surface area contributed by atoms with Crippen molar-refractivity contribution in [1.82, 2.24) is 15.6 Å². The lowest BCUT2D eigenvalue weighted by Crippen LogP contribution is -2.50. The van der Waals surface area contributed by atoms with Crippen LogP contribution in [0.1, 0.15) is 70.3 Å². The van der Waals surface area contributed by atoms with Gasteiger partial charge >= 0.3 is 17.9 Å². The van der Waals surface area contributed by atoms with Crippen molar-refractivity contribution in [2.45, 2.75) is 88.5 Å². The predicted octanol–water partition coefficient (Wildman–Crippen LogP) is 2.72. The number of fused-ring (bicyclic) bond motifs is 1. The lowest BCUT2D eigenvalue weighted by atomic mass is 9.76. The Balaban J connectivity index is 1.57. The molecule has 2 heterocycles. The van der Waals surface area contributed by atoms with Gasteiger partial charge < -0.3 is 31.3 Å². The molecule has 0 radical (unpaired) electrons. The highest BCUT2D eigenvalue weighted by molar-refractivity contribution is 8.00. The summed E-state index contributed by atoms with van der Waals surface area (Å²) in [5.74, 6) is -3.72. The summed E-state index contributed by atoms with van der Waals surface area (Å²) in [6.45, 7) is 1.50. The molecule has 0 spiro atoms. The summed E-state index contributed by atoms with van der Waals surface area (Å²) < 4.78 is 6.08. The first kappa shape index (κ1) is 34.2. The second kappa shape index (κ2) is 15.5. The topological polar surface area (TPSA) is 198 Å². The van der Waals surface area contributed by atoms with Gasteiger partial charge in [-0.3, -0.25) is 29.0 Å². The highest BCUT2D eigenvalue weighted by atomic mass is 32.2. The van der Waals surface area contributed by atoms with E-state index in [-0.39, 0.29) is 35.2 Å². The van der Waals surface area contributed by atoms with Crippen molar-refractivity contribution < 1.29 is 38.9 Å². The van der Waals surface area contributed by atoms with Crippen molar-refractivity contribution in [3.8, 4) is 0 Å². The Hall–Kier alpha value is -3.71. The molecule has 3 aliphatic rings. The van der Waals surface area contributed by atoms with Gasteiger partial charge in [0.1, 0.15) is 30.3 Å². The molecule has 0 bridgehead atoms. The molecule has 45 heavy (non-hydrogen) atoms. The van der Waals surface area contributed by atoms with Gasteiger partial charge in [0, 0.05) is 24.6 Å². The maximum Gasteiger partial charge on any atom is 0.322 e. The van der Waals surface area contributed by atoms with Gasteiger partial charge in [-0.05, 0) is 73.6 Å². The first-order valence-electron chi connectivity index (χ1n) is 15.4. The molecule has 13 heteroatoms. The number of amides is 2. The van der Waals surface area contributed by atoms with E-state index in [0.717, 1.165) is 56.1 Å². The number of carboxylic acids is 2. The van der Waals surface area contributed by atoms with Crippen LogP contribution < -0.4 is 16.4 Å². The van der Waals surface area contributed by atoms with Gasteiger partial charge in [-0.1, -0.05) is 31.4 Å². The number of carbonyl (C=O) groups is 5. The number of ether oxygens (including phenoxy) is 1. The SMILES string of the molecule is CCC1(C(SCC(NC(=O)CCC(N)C(=O)O)C(=O)NCC(=O)O)C2=C3CCC(Cc4ccncc4)=CC3C(=O)O2)CCCC1. The molecule has 1 saturated carbocycles. The van der Waals surface area contributed by atoms with E-state index in [9.17, 15) is 24.0 Å². The third kappa shape index (κ3) is 8.72. The summed E-state index contributed by atoms with van der Waals surface area (Å²) in [5.41, 5.74) is 8.62. The molecule has 6 N–H and O–H groups in total. The van der Waals surface area contributed by atoms with Crippen LogP contribution in [0.5, 0.6) is 0 Å². The van der Waals surface area contributed by atoms with Crippen LogP contribution >= 0.6 is 11.8 Å². The Morgan fingerprint density at radius 2 is 1.87 bits per heavy atom. The fourth-order valence-corrected chi connectivity index (χ4v) is 8.20. The Kier molecular flexibility index (Phi) is 11.8. The van der Waals surface area contributed by atoms with Crippen LogP contribution in [0.2, 0.25) is 0 Å². The van der Waals surface area contributed by atoms with Crippen molar-refractivity contribution in [2.75, 3.05) is 12.3 Å². The maximum absolute atomic E-state index is 13.3. The number of hydrogen-bond donors (Lipinski definition) is 5. The minimum absolute atomic E-state index is 0.0940. The van der Waals surface area contributed by atoms with Crippen LogP contribution in [-0.2, 0) is 35.1 Å². The number of thioether (sulfide) groups is 1. The zero-order valence-corrected chi connectivity index (χ0v) is 26.3. The first-order chi connectivity index (χ1) is 21.5. The van der Waals surface area contributed by atoms with Crippen LogP contribution in [0.15, 0.2) is 47.5 Å². The maximum atomic E-state index is 13.3. The number of nitrogens with two attached hydrogens (primary N) is 1. The van der Waals surface area contributed by atoms with E-state index in [1.54, 1.807) is 12.4 Å². The summed E-state index contributed by atoms with van der Waals surface area (Å²) in [6, 6.07) is 1.60. The summed E-state index contributed by atoms with van der Waals surface area (Å²) in [6.07, 6.45) is 12.2. The molecule has 4 rings (SSSR count). The van der Waals surface area contributed by atoms with E-state index >= 15 is 0 Å². The Bertz CT molecular complexity index is 1340. The number of allylic oxidation sites excluding steroid dienone is 1. The molecule has 244 valence electrons. The predicted molar refractivity (Wildman–Crippen MR) is 167 cm³/mol. The van der Waals surface area contributed by atoms with E-state index in [0.29, 0.717) is 12.2 Å². The van der Waals surface area contributed by atoms with Crippen LogP contribution in [0, 0.1) is 11.3 Å². The fourth-order valence-electron chi connectivity index (χ4n) is 6.48. The highest BCUT2D eigenvalue weighted by Gasteiger charge is 2.48. The number of carboxylic acid groups (broad SMARTS) is 2. The van der Waals surface area contributed by atoms with E-state index in [4.69, 9.17) is 20.7 Å². The van der Waals surface area contributed by atoms with Crippen LogP contribution in [0.4, 0.5) is 0 Å². The molecule has 2 aliphatic carbocycles. The highest BCUT2D eigenvalue weighted by Crippen LogP contribution is 2.54. The number of aromatic nitrogens is 1. The molecule has 1 aliphatic heterocycles. The third-order valence-corrected chi connectivity index (χ3v) is 10.6. The minimum atomic E-state index is -1.24. The zero-order chi connectivity index (χ0) is 32.6. The second-order valence-corrected chi connectivity index (χ2v) is 13.1. The second-order valence-electron chi connectivity index (χ2n) is 12.0. The quantitative estimate of drug-likeness (QED) is 0.131. The number of pyridine rings is 1. The lowest BCUT2D eigenvalue weighted by molar-refractivity contribution is -0.140. The number of hydrogen-bond acceptors (Lipinski definition) is 9. The summed E-state index contributed by atoms with van der Waals surface area (Å²) in [7, 11) is 0. The van der Waals surface area contributed by atoms with Crippen molar-refractivity contribution in [2.24, 2.45) is 17.1 Å². The van der Waals surface area contributed by atoms with Gasteiger partial charge in [-0.15, -0.1) is 11.8 Å². The standard InChI is InChI=1S/C32H42N4O8S/c1-2-32(11-3-4-12-32)28(27-21-6-5-20(16-22(21)31(43)44-27)15-19-9-13-34-14-10-19)45-18-24(29(40)35-17-26(38)39)36-25(37)8-7-23(33)30(41)42/h9-10,13-14,16,22-24,28H,2-8,11-12,15,17-18,33H2,1H3,(H,35,40)(H,36,37)(H,38,39)(H,41,42). The Labute approximate surface area is 266 Å². The molecule has 1 fully saturated rings. The molecule has 0 aromatic carbocycles. The van der Waals surface area contributed by atoms with Gasteiger partial charge in [-0.25, -0.2) is 0 Å². The lowest BCUT2D eigenvalue weighted by Gasteiger charge is -2.38. The molecular formula is C32H42N4O8S. The number of aliphatic carboxylic acids is 2. The van der Waals surface area contributed by atoms with Gasteiger partial charge in [0.05, 0.1) is 5.25 Å². The average molecular weight is 643 g/mol. The van der Waals surface area contributed by atoms with Gasteiger partial charge in [-0.2, -0.15) is 0 Å². The molecule has 12 nitrogen and oxygen atoms in total. The molecule has 2 amide bonds. The Morgan fingerprint density at radius 1 is 1.16 bits per heavy atom. The summed E-state index contributed by atoms with van der Waals surface area (Å²) in [5, 5.41) is 22.9. The monoisotopic (exact) mass is 642 g/mol. The molecule has 1 aromatic rings. The smallest absolute Gasteiger partial charge is 0.322 e. The fraction of sp³-hybridized carbons (Fsp3) is 0.562. The molecular weight excluding hydrogens is 600 g/mol. The van der Waals surface area contributed by atoms with E-state index in [1.165, 1.54) is 17.3 Å². The number of carbonyl (C=O) groups excluding carboxylic acids is 3. The van der Waals surface area contributed by atoms with Crippen LogP contribution in [0.3, 0.4) is 0 Å². The van der Waals surface area contributed by atoms with E-state index in [2.05, 4.69) is 22.5 Å². The molecule has 4 atom stereocenters. The van der Waals surface area contributed by atoms with Crippen molar-refractivity contribution in [3.05, 3.63) is 53.1 Å². The van der Waals surface area contributed by atoms with E-state index in [1.807, 2.05) is 18.2 Å². The van der Waals surface area contributed by atoms with Crippen LogP contribution in [0.25, 0.3) is 0 Å². The number of rotatable bonds is 16. The third-order valence-electron chi connectivity index (χ3n) is 9.05. The normalized spacial score (nSPS) is 20.8. The van der Waals surface area contributed by atoms with Crippen LogP contribution in [-0.4, -0.2) is 74.6 Å².